The largest absolute Gasteiger partial charge is 0.465 e. The summed E-state index contributed by atoms with van der Waals surface area (Å²) in [4.78, 5) is 16.3. The third-order valence-electron chi connectivity index (χ3n) is 3.86. The molecular formula is C16H24N2O2. The Bertz CT molecular complexity index is 454. The number of carbonyl (C=O) groups is 1. The van der Waals surface area contributed by atoms with Crippen molar-refractivity contribution in [3.8, 4) is 0 Å². The van der Waals surface area contributed by atoms with Gasteiger partial charge in [-0.2, -0.15) is 0 Å². The molecule has 1 aliphatic heterocycles. The number of carbonyl (C=O) groups excluding carboxylic acids is 1. The minimum absolute atomic E-state index is 0.114. The van der Waals surface area contributed by atoms with Crippen molar-refractivity contribution >= 4 is 11.7 Å². The van der Waals surface area contributed by atoms with Crippen LogP contribution >= 0.6 is 0 Å². The summed E-state index contributed by atoms with van der Waals surface area (Å²) in [6, 6.07) is 8.43. The summed E-state index contributed by atoms with van der Waals surface area (Å²) in [5, 5.41) is 0. The molecule has 0 bridgehead atoms. The van der Waals surface area contributed by atoms with E-state index in [0.29, 0.717) is 6.61 Å². The first-order chi connectivity index (χ1) is 9.61. The molecule has 0 spiro atoms. The van der Waals surface area contributed by atoms with Gasteiger partial charge in [0.2, 0.25) is 0 Å². The molecule has 20 heavy (non-hydrogen) atoms. The third-order valence-corrected chi connectivity index (χ3v) is 3.86. The Labute approximate surface area is 121 Å². The van der Waals surface area contributed by atoms with Crippen LogP contribution in [0.4, 0.5) is 5.69 Å². The number of piperazine rings is 1. The lowest BCUT2D eigenvalue weighted by Crippen LogP contribution is -2.52. The Morgan fingerprint density at radius 2 is 2.00 bits per heavy atom. The Balaban J connectivity index is 1.90. The fourth-order valence-corrected chi connectivity index (χ4v) is 2.60. The van der Waals surface area contributed by atoms with Gasteiger partial charge in [-0.25, -0.2) is 0 Å². The van der Waals surface area contributed by atoms with Crippen LogP contribution in [-0.4, -0.2) is 49.7 Å². The van der Waals surface area contributed by atoms with Gasteiger partial charge in [-0.15, -0.1) is 0 Å². The topological polar surface area (TPSA) is 32.8 Å². The van der Waals surface area contributed by atoms with Crippen LogP contribution < -0.4 is 4.90 Å². The summed E-state index contributed by atoms with van der Waals surface area (Å²) in [6.45, 7) is 10.0. The van der Waals surface area contributed by atoms with Crippen LogP contribution in [-0.2, 0) is 9.53 Å². The lowest BCUT2D eigenvalue weighted by atomic mass is 10.1. The van der Waals surface area contributed by atoms with Crippen LogP contribution in [0.3, 0.4) is 0 Å². The molecule has 4 heteroatoms. The van der Waals surface area contributed by atoms with Gasteiger partial charge in [0.1, 0.15) is 6.04 Å². The normalized spacial score (nSPS) is 17.9. The minimum atomic E-state index is -0.144. The van der Waals surface area contributed by atoms with E-state index in [1.165, 1.54) is 11.3 Å². The molecule has 1 aromatic carbocycles. The maximum Gasteiger partial charge on any atom is 0.323 e. The number of hydrogen-bond acceptors (Lipinski definition) is 4. The second-order valence-electron chi connectivity index (χ2n) is 5.29. The number of benzene rings is 1. The van der Waals surface area contributed by atoms with E-state index in [2.05, 4.69) is 41.0 Å². The maximum atomic E-state index is 11.8. The summed E-state index contributed by atoms with van der Waals surface area (Å²) in [7, 11) is 0. The molecule has 110 valence electrons. The smallest absolute Gasteiger partial charge is 0.323 e. The molecule has 1 atom stereocenters. The first kappa shape index (κ1) is 14.9. The maximum absolute atomic E-state index is 11.8. The fourth-order valence-electron chi connectivity index (χ4n) is 2.60. The van der Waals surface area contributed by atoms with Gasteiger partial charge in [0, 0.05) is 31.9 Å². The highest BCUT2D eigenvalue weighted by Gasteiger charge is 2.26. The van der Waals surface area contributed by atoms with Crippen molar-refractivity contribution < 1.29 is 9.53 Å². The standard InChI is InChI=1S/C16H24N2O2/c1-4-20-16(19)14(3)17-8-10-18(11-9-17)15-7-5-6-13(2)12-15/h5-7,12,14H,4,8-11H2,1-3H3. The fraction of sp³-hybridized carbons (Fsp3) is 0.562. The van der Waals surface area contributed by atoms with Gasteiger partial charge >= 0.3 is 5.97 Å². The molecule has 1 unspecified atom stereocenters. The Morgan fingerprint density at radius 1 is 1.30 bits per heavy atom. The van der Waals surface area contributed by atoms with Crippen molar-refractivity contribution in [3.05, 3.63) is 29.8 Å². The first-order valence-electron chi connectivity index (χ1n) is 7.34. The predicted molar refractivity (Wildman–Crippen MR) is 81.1 cm³/mol. The van der Waals surface area contributed by atoms with E-state index in [1.54, 1.807) is 0 Å². The molecule has 0 aromatic heterocycles. The van der Waals surface area contributed by atoms with Gasteiger partial charge in [-0.05, 0) is 38.5 Å². The van der Waals surface area contributed by atoms with E-state index in [1.807, 2.05) is 13.8 Å². The minimum Gasteiger partial charge on any atom is -0.465 e. The molecule has 1 saturated heterocycles. The molecule has 0 N–H and O–H groups in total. The van der Waals surface area contributed by atoms with Crippen LogP contribution in [0, 0.1) is 6.92 Å². The van der Waals surface area contributed by atoms with Gasteiger partial charge in [0.05, 0.1) is 6.61 Å². The van der Waals surface area contributed by atoms with E-state index in [0.717, 1.165) is 26.2 Å². The third kappa shape index (κ3) is 3.51. The SMILES string of the molecule is CCOC(=O)C(C)N1CCN(c2cccc(C)c2)CC1. The first-order valence-corrected chi connectivity index (χ1v) is 7.34. The summed E-state index contributed by atoms with van der Waals surface area (Å²) in [5.41, 5.74) is 2.55. The van der Waals surface area contributed by atoms with Gasteiger partial charge in [0.25, 0.3) is 0 Å². The van der Waals surface area contributed by atoms with Gasteiger partial charge in [-0.1, -0.05) is 12.1 Å². The molecule has 1 aliphatic rings. The van der Waals surface area contributed by atoms with Crippen LogP contribution in [0.1, 0.15) is 19.4 Å². The second-order valence-corrected chi connectivity index (χ2v) is 5.29. The molecule has 0 radical (unpaired) electrons. The van der Waals surface area contributed by atoms with Crippen molar-refractivity contribution in [3.63, 3.8) is 0 Å². The van der Waals surface area contributed by atoms with Crippen LogP contribution in [0.2, 0.25) is 0 Å². The number of rotatable bonds is 4. The molecule has 0 saturated carbocycles. The highest BCUT2D eigenvalue weighted by Crippen LogP contribution is 2.18. The number of aryl methyl sites for hydroxylation is 1. The molecule has 0 amide bonds. The van der Waals surface area contributed by atoms with Gasteiger partial charge in [-0.3, -0.25) is 9.69 Å². The lowest BCUT2D eigenvalue weighted by molar-refractivity contribution is -0.149. The van der Waals surface area contributed by atoms with E-state index in [4.69, 9.17) is 4.74 Å². The summed E-state index contributed by atoms with van der Waals surface area (Å²) < 4.78 is 5.09. The second kappa shape index (κ2) is 6.75. The predicted octanol–water partition coefficient (Wildman–Crippen LogP) is 2.07. The number of esters is 1. The molecule has 2 rings (SSSR count). The Kier molecular flexibility index (Phi) is 5.01. The molecule has 1 heterocycles. The zero-order valence-electron chi connectivity index (χ0n) is 12.6. The number of nitrogens with zero attached hydrogens (tertiary/aromatic N) is 2. The van der Waals surface area contributed by atoms with Crippen LogP contribution in [0.15, 0.2) is 24.3 Å². The van der Waals surface area contributed by atoms with Crippen molar-refractivity contribution in [2.45, 2.75) is 26.8 Å². The molecule has 1 aromatic rings. The summed E-state index contributed by atoms with van der Waals surface area (Å²) in [6.07, 6.45) is 0. The Morgan fingerprint density at radius 3 is 2.60 bits per heavy atom. The van der Waals surface area contributed by atoms with Gasteiger partial charge < -0.3 is 9.64 Å². The number of hydrogen-bond donors (Lipinski definition) is 0. The summed E-state index contributed by atoms with van der Waals surface area (Å²) in [5.74, 6) is -0.114. The molecular weight excluding hydrogens is 252 g/mol. The Hall–Kier alpha value is -1.55. The van der Waals surface area contributed by atoms with Crippen LogP contribution in [0.25, 0.3) is 0 Å². The van der Waals surface area contributed by atoms with Crippen molar-refractivity contribution in [1.82, 2.24) is 4.90 Å². The molecule has 1 fully saturated rings. The number of ether oxygens (including phenoxy) is 1. The van der Waals surface area contributed by atoms with E-state index < -0.39 is 0 Å². The average molecular weight is 276 g/mol. The molecule has 0 aliphatic carbocycles. The van der Waals surface area contributed by atoms with Crippen LogP contribution in [0.5, 0.6) is 0 Å². The highest BCUT2D eigenvalue weighted by molar-refractivity contribution is 5.75. The zero-order valence-corrected chi connectivity index (χ0v) is 12.6. The summed E-state index contributed by atoms with van der Waals surface area (Å²) >= 11 is 0. The van der Waals surface area contributed by atoms with E-state index in [9.17, 15) is 4.79 Å². The average Bonchev–Trinajstić information content (AvgIpc) is 2.47. The molecule has 4 nitrogen and oxygen atoms in total. The van der Waals surface area contributed by atoms with E-state index >= 15 is 0 Å². The monoisotopic (exact) mass is 276 g/mol. The van der Waals surface area contributed by atoms with Crippen molar-refractivity contribution in [2.75, 3.05) is 37.7 Å². The quantitative estimate of drug-likeness (QED) is 0.788. The van der Waals surface area contributed by atoms with E-state index in [-0.39, 0.29) is 12.0 Å². The van der Waals surface area contributed by atoms with Crippen molar-refractivity contribution in [2.24, 2.45) is 0 Å². The lowest BCUT2D eigenvalue weighted by Gasteiger charge is -2.38. The van der Waals surface area contributed by atoms with Gasteiger partial charge in [0.15, 0.2) is 0 Å². The highest BCUT2D eigenvalue weighted by atomic mass is 16.5. The zero-order chi connectivity index (χ0) is 14.5. The number of anilines is 1. The van der Waals surface area contributed by atoms with Crippen molar-refractivity contribution in [1.29, 1.82) is 0 Å².